The van der Waals surface area contributed by atoms with Crippen molar-refractivity contribution in [1.82, 2.24) is 9.80 Å². The molecule has 1 fully saturated rings. The van der Waals surface area contributed by atoms with Crippen LogP contribution in [-0.4, -0.2) is 54.3 Å². The summed E-state index contributed by atoms with van der Waals surface area (Å²) in [5, 5.41) is 2.51. The predicted molar refractivity (Wildman–Crippen MR) is 111 cm³/mol. The van der Waals surface area contributed by atoms with Gasteiger partial charge in [0.1, 0.15) is 0 Å². The standard InChI is InChI=1S/C22H25F3N4O2/c1-28(2)17-12-18(21(26)31)29(20(17)14-7-4-3-5-8-14)13-19(30)27-16-10-6-9-15(11-16)22(23,24)25/h3-11,17-18,20H,12-13H2,1-2H3,(H2,26,31)(H,27,30)/t17-,18+,20+/m1/s1. The molecule has 0 unspecified atom stereocenters. The summed E-state index contributed by atoms with van der Waals surface area (Å²) in [5.74, 6) is -1.07. The first-order valence-electron chi connectivity index (χ1n) is 9.81. The lowest BCUT2D eigenvalue weighted by atomic mass is 9.99. The second kappa shape index (κ2) is 9.07. The van der Waals surface area contributed by atoms with Crippen molar-refractivity contribution in [1.29, 1.82) is 0 Å². The van der Waals surface area contributed by atoms with Gasteiger partial charge >= 0.3 is 6.18 Å². The molecule has 2 aromatic rings. The Kier molecular flexibility index (Phi) is 6.66. The lowest BCUT2D eigenvalue weighted by molar-refractivity contribution is -0.137. The van der Waals surface area contributed by atoms with Crippen molar-refractivity contribution < 1.29 is 22.8 Å². The second-order valence-electron chi connectivity index (χ2n) is 7.84. The van der Waals surface area contributed by atoms with E-state index in [0.29, 0.717) is 6.42 Å². The van der Waals surface area contributed by atoms with E-state index >= 15 is 0 Å². The summed E-state index contributed by atoms with van der Waals surface area (Å²) < 4.78 is 38.9. The van der Waals surface area contributed by atoms with Crippen LogP contribution in [0.2, 0.25) is 0 Å². The highest BCUT2D eigenvalue weighted by atomic mass is 19.4. The van der Waals surface area contributed by atoms with Crippen LogP contribution in [0.25, 0.3) is 0 Å². The molecule has 1 aliphatic heterocycles. The fourth-order valence-electron chi connectivity index (χ4n) is 4.09. The number of nitrogens with zero attached hydrogens (tertiary/aromatic N) is 2. The highest BCUT2D eigenvalue weighted by Crippen LogP contribution is 2.38. The zero-order valence-electron chi connectivity index (χ0n) is 17.3. The lowest BCUT2D eigenvalue weighted by Crippen LogP contribution is -2.45. The molecule has 6 nitrogen and oxygen atoms in total. The molecule has 31 heavy (non-hydrogen) atoms. The number of hydrogen-bond donors (Lipinski definition) is 2. The highest BCUT2D eigenvalue weighted by molar-refractivity contribution is 5.93. The quantitative estimate of drug-likeness (QED) is 0.733. The van der Waals surface area contributed by atoms with Crippen LogP contribution >= 0.6 is 0 Å². The van der Waals surface area contributed by atoms with E-state index in [-0.39, 0.29) is 24.3 Å². The first-order chi connectivity index (χ1) is 14.6. The Bertz CT molecular complexity index is 934. The van der Waals surface area contributed by atoms with Crippen molar-refractivity contribution >= 4 is 17.5 Å². The molecule has 166 valence electrons. The van der Waals surface area contributed by atoms with Gasteiger partial charge in [-0.15, -0.1) is 0 Å². The molecule has 0 saturated carbocycles. The second-order valence-corrected chi connectivity index (χ2v) is 7.84. The van der Waals surface area contributed by atoms with Gasteiger partial charge in [0.2, 0.25) is 11.8 Å². The molecule has 1 heterocycles. The van der Waals surface area contributed by atoms with Gasteiger partial charge in [0.05, 0.1) is 24.2 Å². The molecular weight excluding hydrogens is 409 g/mol. The largest absolute Gasteiger partial charge is 0.416 e. The van der Waals surface area contributed by atoms with E-state index in [1.165, 1.54) is 12.1 Å². The number of anilines is 1. The topological polar surface area (TPSA) is 78.7 Å². The predicted octanol–water partition coefficient (Wildman–Crippen LogP) is 2.88. The molecule has 2 aromatic carbocycles. The molecule has 2 amide bonds. The highest BCUT2D eigenvalue weighted by Gasteiger charge is 2.46. The van der Waals surface area contributed by atoms with Crippen LogP contribution in [-0.2, 0) is 15.8 Å². The number of carbonyl (C=O) groups excluding carboxylic acids is 2. The van der Waals surface area contributed by atoms with Crippen LogP contribution in [0.1, 0.15) is 23.6 Å². The number of amides is 2. The maximum atomic E-state index is 13.0. The minimum Gasteiger partial charge on any atom is -0.368 e. The molecule has 3 atom stereocenters. The Morgan fingerprint density at radius 3 is 2.39 bits per heavy atom. The number of benzene rings is 2. The van der Waals surface area contributed by atoms with E-state index < -0.39 is 29.6 Å². The average molecular weight is 434 g/mol. The monoisotopic (exact) mass is 434 g/mol. The maximum absolute atomic E-state index is 13.0. The Morgan fingerprint density at radius 2 is 1.81 bits per heavy atom. The van der Waals surface area contributed by atoms with E-state index in [1.54, 1.807) is 4.90 Å². The normalized spacial score (nSPS) is 21.9. The first kappa shape index (κ1) is 22.8. The molecule has 0 radical (unpaired) electrons. The van der Waals surface area contributed by atoms with Crippen molar-refractivity contribution in [3.63, 3.8) is 0 Å². The molecule has 0 bridgehead atoms. The number of rotatable bonds is 6. The summed E-state index contributed by atoms with van der Waals surface area (Å²) in [6.45, 7) is -0.187. The van der Waals surface area contributed by atoms with Crippen LogP contribution in [0.15, 0.2) is 54.6 Å². The number of nitrogens with one attached hydrogen (secondary N) is 1. The molecule has 0 spiro atoms. The van der Waals surface area contributed by atoms with E-state index in [2.05, 4.69) is 5.32 Å². The number of carbonyl (C=O) groups is 2. The third-order valence-electron chi connectivity index (χ3n) is 5.52. The van der Waals surface area contributed by atoms with Gasteiger partial charge in [-0.1, -0.05) is 36.4 Å². The lowest BCUT2D eigenvalue weighted by Gasteiger charge is -2.32. The van der Waals surface area contributed by atoms with Gasteiger partial charge in [-0.25, -0.2) is 0 Å². The Balaban J connectivity index is 1.85. The minimum atomic E-state index is -4.51. The van der Waals surface area contributed by atoms with Crippen LogP contribution in [0, 0.1) is 0 Å². The van der Waals surface area contributed by atoms with Crippen molar-refractivity contribution in [2.24, 2.45) is 5.73 Å². The summed E-state index contributed by atoms with van der Waals surface area (Å²) in [5.41, 5.74) is 5.75. The van der Waals surface area contributed by atoms with Gasteiger partial charge in [0, 0.05) is 11.7 Å². The van der Waals surface area contributed by atoms with E-state index in [9.17, 15) is 22.8 Å². The summed E-state index contributed by atoms with van der Waals surface area (Å²) in [6, 6.07) is 12.9. The van der Waals surface area contributed by atoms with Crippen LogP contribution in [0.5, 0.6) is 0 Å². The molecule has 0 aromatic heterocycles. The number of likely N-dealkylation sites (tertiary alicyclic amines) is 1. The number of alkyl halides is 3. The molecule has 9 heteroatoms. The van der Waals surface area contributed by atoms with Gasteiger partial charge in [-0.2, -0.15) is 13.2 Å². The van der Waals surface area contributed by atoms with Gasteiger partial charge in [0.15, 0.2) is 0 Å². The van der Waals surface area contributed by atoms with Crippen LogP contribution in [0.3, 0.4) is 0 Å². The Hall–Kier alpha value is -2.91. The molecule has 0 aliphatic carbocycles. The maximum Gasteiger partial charge on any atom is 0.416 e. The van der Waals surface area contributed by atoms with Crippen molar-refractivity contribution in [2.75, 3.05) is 26.0 Å². The van der Waals surface area contributed by atoms with E-state index in [4.69, 9.17) is 5.73 Å². The summed E-state index contributed by atoms with van der Waals surface area (Å²) in [6.07, 6.45) is -4.07. The Morgan fingerprint density at radius 1 is 1.13 bits per heavy atom. The fourth-order valence-corrected chi connectivity index (χ4v) is 4.09. The molecule has 3 rings (SSSR count). The van der Waals surface area contributed by atoms with Crippen molar-refractivity contribution in [2.45, 2.75) is 30.7 Å². The Labute approximate surface area is 178 Å². The summed E-state index contributed by atoms with van der Waals surface area (Å²) >= 11 is 0. The zero-order valence-corrected chi connectivity index (χ0v) is 17.3. The van der Waals surface area contributed by atoms with E-state index in [1.807, 2.05) is 49.3 Å². The first-order valence-corrected chi connectivity index (χ1v) is 9.81. The third kappa shape index (κ3) is 5.23. The summed E-state index contributed by atoms with van der Waals surface area (Å²) in [4.78, 5) is 28.6. The molecule has 1 saturated heterocycles. The number of primary amides is 1. The number of likely N-dealkylation sites (N-methyl/N-ethyl adjacent to an activating group) is 1. The molecule has 1 aliphatic rings. The van der Waals surface area contributed by atoms with Gasteiger partial charge in [-0.05, 0) is 44.3 Å². The smallest absolute Gasteiger partial charge is 0.368 e. The van der Waals surface area contributed by atoms with Crippen molar-refractivity contribution in [3.8, 4) is 0 Å². The van der Waals surface area contributed by atoms with Crippen LogP contribution < -0.4 is 11.1 Å². The zero-order chi connectivity index (χ0) is 22.8. The fraction of sp³-hybridized carbons (Fsp3) is 0.364. The van der Waals surface area contributed by atoms with Crippen molar-refractivity contribution in [3.05, 3.63) is 65.7 Å². The van der Waals surface area contributed by atoms with Crippen LogP contribution in [0.4, 0.5) is 18.9 Å². The SMILES string of the molecule is CN(C)[C@@H]1C[C@@H](C(N)=O)N(CC(=O)Nc2cccc(C(F)(F)F)c2)[C@H]1c1ccccc1. The van der Waals surface area contributed by atoms with Gasteiger partial charge < -0.3 is 16.0 Å². The van der Waals surface area contributed by atoms with Gasteiger partial charge in [-0.3, -0.25) is 14.5 Å². The number of halogens is 3. The van der Waals surface area contributed by atoms with E-state index in [0.717, 1.165) is 17.7 Å². The molecular formula is C22H25F3N4O2. The third-order valence-corrected chi connectivity index (χ3v) is 5.52. The van der Waals surface area contributed by atoms with Gasteiger partial charge in [0.25, 0.3) is 0 Å². The number of nitrogens with two attached hydrogens (primary N) is 1. The summed E-state index contributed by atoms with van der Waals surface area (Å²) in [7, 11) is 3.79. The number of hydrogen-bond acceptors (Lipinski definition) is 4. The molecule has 3 N–H and O–H groups in total. The minimum absolute atomic E-state index is 0.0371. The average Bonchev–Trinajstić information content (AvgIpc) is 3.07.